The van der Waals surface area contributed by atoms with Crippen molar-refractivity contribution < 1.29 is 13.9 Å². The number of hydrogen-bond donors (Lipinski definition) is 1. The topological polar surface area (TPSA) is 98.1 Å². The van der Waals surface area contributed by atoms with E-state index in [1.54, 1.807) is 13.2 Å². The van der Waals surface area contributed by atoms with E-state index >= 15 is 0 Å². The number of ether oxygens (including phenoxy) is 1. The first-order valence-electron chi connectivity index (χ1n) is 11.8. The van der Waals surface area contributed by atoms with Crippen molar-refractivity contribution in [3.05, 3.63) is 91.9 Å². The molecule has 36 heavy (non-hydrogen) atoms. The number of thiophene rings is 1. The fourth-order valence-corrected chi connectivity index (χ4v) is 5.83. The number of benzene rings is 1. The Morgan fingerprint density at radius 3 is 2.81 bits per heavy atom. The minimum Gasteiger partial charge on any atom is -0.465 e. The number of para-hydroxylation sites is 1. The van der Waals surface area contributed by atoms with E-state index in [9.17, 15) is 9.59 Å². The molecular formula is C28H23N3O4S. The van der Waals surface area contributed by atoms with Crippen LogP contribution in [-0.4, -0.2) is 20.9 Å². The second kappa shape index (κ2) is 8.57. The number of allylic oxidation sites excluding steroid dienone is 1. The maximum Gasteiger partial charge on any atom is 0.339 e. The third-order valence-electron chi connectivity index (χ3n) is 6.73. The first-order chi connectivity index (χ1) is 17.4. The van der Waals surface area contributed by atoms with Gasteiger partial charge in [0.25, 0.3) is 5.56 Å². The fraction of sp³-hybridized carbons (Fsp3) is 0.214. The van der Waals surface area contributed by atoms with E-state index in [1.165, 1.54) is 11.3 Å². The lowest BCUT2D eigenvalue weighted by molar-refractivity contribution is 0.0321. The molecule has 0 fully saturated rings. The van der Waals surface area contributed by atoms with E-state index in [1.807, 2.05) is 56.3 Å². The van der Waals surface area contributed by atoms with Crippen LogP contribution in [0.3, 0.4) is 0 Å². The van der Waals surface area contributed by atoms with Crippen LogP contribution in [-0.2, 0) is 11.2 Å². The van der Waals surface area contributed by atoms with E-state index in [-0.39, 0.29) is 5.56 Å². The third kappa shape index (κ3) is 3.65. The Morgan fingerprint density at radius 2 is 2.00 bits per heavy atom. The molecule has 1 aliphatic rings. The zero-order chi connectivity index (χ0) is 25.0. The predicted octanol–water partition coefficient (Wildman–Crippen LogP) is 6.15. The highest BCUT2D eigenvalue weighted by Crippen LogP contribution is 2.38. The fourth-order valence-electron chi connectivity index (χ4n) is 4.80. The highest BCUT2D eigenvalue weighted by Gasteiger charge is 2.29. The third-order valence-corrected chi connectivity index (χ3v) is 7.83. The number of H-pyrrole nitrogens is 1. The van der Waals surface area contributed by atoms with Gasteiger partial charge in [-0.3, -0.25) is 4.79 Å². The van der Waals surface area contributed by atoms with Crippen molar-refractivity contribution in [1.29, 1.82) is 0 Å². The molecular weight excluding hydrogens is 474 g/mol. The Labute approximate surface area is 210 Å². The highest BCUT2D eigenvalue weighted by molar-refractivity contribution is 7.18. The van der Waals surface area contributed by atoms with Crippen LogP contribution in [0.4, 0.5) is 0 Å². The van der Waals surface area contributed by atoms with Gasteiger partial charge in [-0.2, -0.15) is 0 Å². The van der Waals surface area contributed by atoms with Crippen LogP contribution in [0.15, 0.2) is 51.9 Å². The average Bonchev–Trinajstić information content (AvgIpc) is 3.58. The van der Waals surface area contributed by atoms with Crippen molar-refractivity contribution in [2.75, 3.05) is 0 Å². The van der Waals surface area contributed by atoms with Gasteiger partial charge in [0, 0.05) is 10.3 Å². The van der Waals surface area contributed by atoms with Gasteiger partial charge in [-0.1, -0.05) is 18.2 Å². The van der Waals surface area contributed by atoms with Gasteiger partial charge in [0.05, 0.1) is 28.4 Å². The van der Waals surface area contributed by atoms with Crippen LogP contribution in [0, 0.1) is 13.8 Å². The zero-order valence-electron chi connectivity index (χ0n) is 20.0. The molecule has 1 N–H and O–H groups in total. The van der Waals surface area contributed by atoms with Gasteiger partial charge in [-0.25, -0.2) is 14.8 Å². The van der Waals surface area contributed by atoms with Gasteiger partial charge in [0.1, 0.15) is 10.6 Å². The van der Waals surface area contributed by atoms with Crippen molar-refractivity contribution in [1.82, 2.24) is 15.0 Å². The molecule has 4 aromatic heterocycles. The lowest BCUT2D eigenvalue weighted by atomic mass is 10.0. The average molecular weight is 498 g/mol. The highest BCUT2D eigenvalue weighted by atomic mass is 32.1. The number of aromatic nitrogens is 3. The molecule has 1 unspecified atom stereocenters. The number of rotatable bonds is 4. The number of furan rings is 1. The van der Waals surface area contributed by atoms with Gasteiger partial charge >= 0.3 is 5.97 Å². The molecule has 0 saturated heterocycles. The largest absolute Gasteiger partial charge is 0.465 e. The molecule has 8 heteroatoms. The number of aromatic amines is 1. The number of nitrogens with one attached hydrogen (secondary N) is 1. The summed E-state index contributed by atoms with van der Waals surface area (Å²) in [4.78, 5) is 40.4. The maximum absolute atomic E-state index is 13.6. The molecule has 0 amide bonds. The summed E-state index contributed by atoms with van der Waals surface area (Å²) in [7, 11) is 0. The zero-order valence-corrected chi connectivity index (χ0v) is 20.9. The number of esters is 1. The molecule has 0 spiro atoms. The monoisotopic (exact) mass is 497 g/mol. The molecule has 1 atom stereocenters. The van der Waals surface area contributed by atoms with Crippen molar-refractivity contribution in [2.24, 2.45) is 0 Å². The predicted molar refractivity (Wildman–Crippen MR) is 140 cm³/mol. The molecule has 1 aliphatic carbocycles. The van der Waals surface area contributed by atoms with Gasteiger partial charge < -0.3 is 14.1 Å². The van der Waals surface area contributed by atoms with Crippen LogP contribution in [0.25, 0.3) is 32.8 Å². The summed E-state index contributed by atoms with van der Waals surface area (Å²) in [6, 6.07) is 11.3. The lowest BCUT2D eigenvalue weighted by Gasteiger charge is -2.16. The van der Waals surface area contributed by atoms with Crippen LogP contribution in [0.1, 0.15) is 63.1 Å². The Hall–Kier alpha value is -4.04. The summed E-state index contributed by atoms with van der Waals surface area (Å²) < 4.78 is 11.4. The van der Waals surface area contributed by atoms with Crippen LogP contribution in [0.5, 0.6) is 0 Å². The number of nitrogens with zero attached hydrogens (tertiary/aromatic N) is 2. The number of pyridine rings is 1. The molecule has 6 rings (SSSR count). The smallest absolute Gasteiger partial charge is 0.339 e. The van der Waals surface area contributed by atoms with E-state index in [4.69, 9.17) is 14.1 Å². The number of hydrogen-bond acceptors (Lipinski definition) is 7. The number of aryl methyl sites for hydroxylation is 2. The number of carbonyl (C=O) groups is 1. The Bertz CT molecular complexity index is 1740. The molecule has 1 aromatic carbocycles. The minimum atomic E-state index is -0.737. The van der Waals surface area contributed by atoms with Gasteiger partial charge in [-0.15, -0.1) is 11.3 Å². The standard InChI is InChI=1S/C28H23N3O4S/c1-14-16(3)36-27-22(14)26(32)30-25(31-27)15(2)35-28(33)23-19-8-4-5-9-21(19)29-24-17(10-11-20(23)24)13-18-7-6-12-34-18/h4-9,12-13,15H,10-11H2,1-3H3,(H,30,31,32)/b17-13-. The Kier molecular flexibility index (Phi) is 5.34. The first kappa shape index (κ1) is 22.4. The van der Waals surface area contributed by atoms with Crippen LogP contribution < -0.4 is 5.56 Å². The van der Waals surface area contributed by atoms with Crippen LogP contribution >= 0.6 is 11.3 Å². The molecule has 0 saturated carbocycles. The molecule has 0 aliphatic heterocycles. The summed E-state index contributed by atoms with van der Waals surface area (Å²) in [6.07, 6.45) is 4.29. The summed E-state index contributed by atoms with van der Waals surface area (Å²) in [5, 5.41) is 1.34. The first-order valence-corrected chi connectivity index (χ1v) is 12.6. The van der Waals surface area contributed by atoms with E-state index in [0.717, 1.165) is 50.4 Å². The van der Waals surface area contributed by atoms with Crippen molar-refractivity contribution in [2.45, 2.75) is 39.7 Å². The van der Waals surface area contributed by atoms with E-state index < -0.39 is 12.1 Å². The molecule has 4 heterocycles. The normalized spacial score (nSPS) is 15.0. The van der Waals surface area contributed by atoms with Gasteiger partial charge in [-0.05, 0) is 74.6 Å². The Balaban J connectivity index is 1.40. The molecule has 7 nitrogen and oxygen atoms in total. The molecule has 5 aromatic rings. The van der Waals surface area contributed by atoms with Gasteiger partial charge in [0.2, 0.25) is 0 Å². The molecule has 0 bridgehead atoms. The SMILES string of the molecule is Cc1sc2nc(C(C)OC(=O)c3c4c(nc5ccccc35)/C(=C\c3ccco3)CC4)[nH]c(=O)c2c1C. The van der Waals surface area contributed by atoms with Crippen molar-refractivity contribution in [3.8, 4) is 0 Å². The number of fused-ring (bicyclic) bond motifs is 3. The molecule has 0 radical (unpaired) electrons. The molecule has 180 valence electrons. The summed E-state index contributed by atoms with van der Waals surface area (Å²) in [5.41, 5.74) is 4.62. The van der Waals surface area contributed by atoms with Gasteiger partial charge in [0.15, 0.2) is 11.9 Å². The maximum atomic E-state index is 13.6. The summed E-state index contributed by atoms with van der Waals surface area (Å²) in [6.45, 7) is 5.60. The lowest BCUT2D eigenvalue weighted by Crippen LogP contribution is -2.18. The van der Waals surface area contributed by atoms with Crippen LogP contribution in [0.2, 0.25) is 0 Å². The Morgan fingerprint density at radius 1 is 1.17 bits per heavy atom. The summed E-state index contributed by atoms with van der Waals surface area (Å²) in [5.74, 6) is 0.614. The van der Waals surface area contributed by atoms with E-state index in [2.05, 4.69) is 9.97 Å². The second-order valence-corrected chi connectivity index (χ2v) is 10.2. The van der Waals surface area contributed by atoms with Crippen molar-refractivity contribution in [3.63, 3.8) is 0 Å². The quantitative estimate of drug-likeness (QED) is 0.299. The summed E-state index contributed by atoms with van der Waals surface area (Å²) >= 11 is 1.47. The minimum absolute atomic E-state index is 0.220. The van der Waals surface area contributed by atoms with Crippen molar-refractivity contribution >= 4 is 50.1 Å². The number of carbonyl (C=O) groups excluding carboxylic acids is 1. The van der Waals surface area contributed by atoms with E-state index in [0.29, 0.717) is 28.0 Å². The second-order valence-electron chi connectivity index (χ2n) is 8.98.